The maximum Gasteiger partial charge on any atom is 0.416 e. The van der Waals surface area contributed by atoms with Crippen LogP contribution in [0.4, 0.5) is 19.1 Å². The predicted octanol–water partition coefficient (Wildman–Crippen LogP) is 5.18. The number of hydrogen-bond donors (Lipinski definition) is 0. The van der Waals surface area contributed by atoms with Crippen LogP contribution >= 0.6 is 15.9 Å². The first kappa shape index (κ1) is 24.6. The molecule has 0 unspecified atom stereocenters. The molecule has 0 atom stereocenters. The second-order valence-electron chi connectivity index (χ2n) is 8.51. The zero-order valence-electron chi connectivity index (χ0n) is 19.0. The van der Waals surface area contributed by atoms with Crippen molar-refractivity contribution in [3.8, 4) is 11.3 Å². The second-order valence-corrected chi connectivity index (χ2v) is 9.43. The average molecular weight is 534 g/mol. The van der Waals surface area contributed by atoms with Gasteiger partial charge in [-0.3, -0.25) is 4.90 Å². The topological polar surface area (TPSA) is 35.5 Å². The van der Waals surface area contributed by atoms with E-state index < -0.39 is 11.7 Å². The van der Waals surface area contributed by atoms with Crippen molar-refractivity contribution in [3.63, 3.8) is 0 Å². The van der Waals surface area contributed by atoms with E-state index in [0.717, 1.165) is 61.4 Å². The van der Waals surface area contributed by atoms with Crippen LogP contribution in [-0.4, -0.2) is 66.1 Å². The van der Waals surface area contributed by atoms with Gasteiger partial charge in [0.2, 0.25) is 5.95 Å². The van der Waals surface area contributed by atoms with Gasteiger partial charge in [0, 0.05) is 62.0 Å². The molecule has 1 aromatic heterocycles. The van der Waals surface area contributed by atoms with E-state index in [1.165, 1.54) is 12.1 Å². The number of alkyl halides is 3. The minimum absolute atomic E-state index is 0.564. The summed E-state index contributed by atoms with van der Waals surface area (Å²) in [5.41, 5.74) is 1.68. The van der Waals surface area contributed by atoms with E-state index in [9.17, 15) is 13.2 Å². The Morgan fingerprint density at radius 1 is 0.941 bits per heavy atom. The molecule has 2 aromatic carbocycles. The highest BCUT2D eigenvalue weighted by Gasteiger charge is 2.30. The standard InChI is InChI=1S/C25H27BrF3N5/c1-32-12-14-33(15-13-32)16-17-34(18-19-2-8-22(26)9-3-19)24-30-11-10-23(31-24)20-4-6-21(7-5-20)25(27,28)29/h2-11H,12-18H2,1H3. The quantitative estimate of drug-likeness (QED) is 0.418. The van der Waals surface area contributed by atoms with E-state index in [4.69, 9.17) is 4.98 Å². The molecular weight excluding hydrogens is 507 g/mol. The molecule has 0 aliphatic carbocycles. The van der Waals surface area contributed by atoms with Gasteiger partial charge in [-0.25, -0.2) is 9.97 Å². The molecule has 1 aliphatic heterocycles. The van der Waals surface area contributed by atoms with Gasteiger partial charge in [-0.05, 0) is 42.9 Å². The second kappa shape index (κ2) is 10.8. The van der Waals surface area contributed by atoms with E-state index in [1.807, 2.05) is 12.1 Å². The molecule has 0 radical (unpaired) electrons. The minimum Gasteiger partial charge on any atom is -0.335 e. The molecule has 0 saturated carbocycles. The van der Waals surface area contributed by atoms with Crippen LogP contribution in [0, 0.1) is 0 Å². The van der Waals surface area contributed by atoms with E-state index in [0.29, 0.717) is 23.8 Å². The van der Waals surface area contributed by atoms with Crippen molar-refractivity contribution in [2.24, 2.45) is 0 Å². The minimum atomic E-state index is -4.36. The van der Waals surface area contributed by atoms with Gasteiger partial charge in [-0.1, -0.05) is 40.2 Å². The third-order valence-corrected chi connectivity index (χ3v) is 6.53. The zero-order chi connectivity index (χ0) is 24.1. The fourth-order valence-corrected chi connectivity index (χ4v) is 4.15. The average Bonchev–Trinajstić information content (AvgIpc) is 2.83. The Hall–Kier alpha value is -2.49. The number of rotatable bonds is 7. The molecule has 9 heteroatoms. The van der Waals surface area contributed by atoms with Crippen LogP contribution in [0.1, 0.15) is 11.1 Å². The molecule has 1 saturated heterocycles. The first-order chi connectivity index (χ1) is 16.3. The van der Waals surface area contributed by atoms with Gasteiger partial charge in [0.1, 0.15) is 0 Å². The lowest BCUT2D eigenvalue weighted by atomic mass is 10.1. The molecule has 34 heavy (non-hydrogen) atoms. The van der Waals surface area contributed by atoms with E-state index in [1.54, 1.807) is 12.3 Å². The van der Waals surface area contributed by atoms with Gasteiger partial charge in [0.15, 0.2) is 0 Å². The van der Waals surface area contributed by atoms with E-state index in [2.05, 4.69) is 54.8 Å². The highest BCUT2D eigenvalue weighted by Crippen LogP contribution is 2.31. The molecule has 0 spiro atoms. The van der Waals surface area contributed by atoms with Crippen molar-refractivity contribution in [2.75, 3.05) is 51.2 Å². The van der Waals surface area contributed by atoms with Crippen molar-refractivity contribution in [1.29, 1.82) is 0 Å². The lowest BCUT2D eigenvalue weighted by molar-refractivity contribution is -0.137. The third kappa shape index (κ3) is 6.55. The molecule has 1 fully saturated rings. The fourth-order valence-electron chi connectivity index (χ4n) is 3.89. The highest BCUT2D eigenvalue weighted by atomic mass is 79.9. The zero-order valence-corrected chi connectivity index (χ0v) is 20.6. The summed E-state index contributed by atoms with van der Waals surface area (Å²) in [7, 11) is 2.14. The number of likely N-dealkylation sites (N-methyl/N-ethyl adjacent to an activating group) is 1. The Bertz CT molecular complexity index is 1070. The summed E-state index contributed by atoms with van der Waals surface area (Å²) in [5.74, 6) is 0.564. The summed E-state index contributed by atoms with van der Waals surface area (Å²) in [5, 5.41) is 0. The molecule has 2 heterocycles. The van der Waals surface area contributed by atoms with Crippen molar-refractivity contribution in [3.05, 3.63) is 76.4 Å². The molecular formula is C25H27BrF3N5. The largest absolute Gasteiger partial charge is 0.416 e. The van der Waals surface area contributed by atoms with E-state index >= 15 is 0 Å². The van der Waals surface area contributed by atoms with Crippen LogP contribution in [0.2, 0.25) is 0 Å². The van der Waals surface area contributed by atoms with Gasteiger partial charge < -0.3 is 9.80 Å². The van der Waals surface area contributed by atoms with Crippen LogP contribution in [0.5, 0.6) is 0 Å². The maximum absolute atomic E-state index is 12.9. The predicted molar refractivity (Wildman–Crippen MR) is 132 cm³/mol. The molecule has 0 N–H and O–H groups in total. The first-order valence-corrected chi connectivity index (χ1v) is 12.0. The smallest absolute Gasteiger partial charge is 0.335 e. The molecule has 0 bridgehead atoms. The van der Waals surface area contributed by atoms with Gasteiger partial charge in [0.25, 0.3) is 0 Å². The molecule has 5 nitrogen and oxygen atoms in total. The van der Waals surface area contributed by atoms with Gasteiger partial charge in [-0.15, -0.1) is 0 Å². The summed E-state index contributed by atoms with van der Waals surface area (Å²) in [6.45, 7) is 6.41. The Balaban J connectivity index is 1.55. The van der Waals surface area contributed by atoms with Crippen LogP contribution in [-0.2, 0) is 12.7 Å². The van der Waals surface area contributed by atoms with Gasteiger partial charge in [0.05, 0.1) is 11.3 Å². The van der Waals surface area contributed by atoms with Crippen molar-refractivity contribution in [1.82, 2.24) is 19.8 Å². The number of nitrogens with zero attached hydrogens (tertiary/aromatic N) is 5. The van der Waals surface area contributed by atoms with Crippen molar-refractivity contribution < 1.29 is 13.2 Å². The first-order valence-electron chi connectivity index (χ1n) is 11.2. The molecule has 180 valence electrons. The lowest BCUT2D eigenvalue weighted by Gasteiger charge is -2.34. The summed E-state index contributed by atoms with van der Waals surface area (Å²) in [6, 6.07) is 15.0. The number of benzene rings is 2. The third-order valence-electron chi connectivity index (χ3n) is 6.00. The molecule has 1 aliphatic rings. The highest BCUT2D eigenvalue weighted by molar-refractivity contribution is 9.10. The van der Waals surface area contributed by atoms with Crippen molar-refractivity contribution in [2.45, 2.75) is 12.7 Å². The van der Waals surface area contributed by atoms with E-state index in [-0.39, 0.29) is 0 Å². The Kier molecular flexibility index (Phi) is 7.85. The molecule has 4 rings (SSSR count). The summed E-state index contributed by atoms with van der Waals surface area (Å²) in [6.07, 6.45) is -2.69. The Morgan fingerprint density at radius 2 is 1.62 bits per heavy atom. The lowest BCUT2D eigenvalue weighted by Crippen LogP contribution is -2.47. The molecule has 0 amide bonds. The van der Waals surface area contributed by atoms with Gasteiger partial charge in [-0.2, -0.15) is 13.2 Å². The van der Waals surface area contributed by atoms with Crippen LogP contribution < -0.4 is 4.90 Å². The number of hydrogen-bond acceptors (Lipinski definition) is 5. The molecule has 3 aromatic rings. The SMILES string of the molecule is CN1CCN(CCN(Cc2ccc(Br)cc2)c2nccc(-c3ccc(C(F)(F)F)cc3)n2)CC1. The van der Waals surface area contributed by atoms with Crippen molar-refractivity contribution >= 4 is 21.9 Å². The normalized spacial score (nSPS) is 15.4. The summed E-state index contributed by atoms with van der Waals surface area (Å²) >= 11 is 3.48. The number of halogens is 4. The fraction of sp³-hybridized carbons (Fsp3) is 0.360. The number of piperazine rings is 1. The van der Waals surface area contributed by atoms with Crippen LogP contribution in [0.3, 0.4) is 0 Å². The summed E-state index contributed by atoms with van der Waals surface area (Å²) < 4.78 is 39.8. The Morgan fingerprint density at radius 3 is 2.26 bits per heavy atom. The van der Waals surface area contributed by atoms with Crippen LogP contribution in [0.15, 0.2) is 65.3 Å². The monoisotopic (exact) mass is 533 g/mol. The Labute approximate surface area is 206 Å². The van der Waals surface area contributed by atoms with Gasteiger partial charge >= 0.3 is 6.18 Å². The summed E-state index contributed by atoms with van der Waals surface area (Å²) in [4.78, 5) is 16.1. The maximum atomic E-state index is 12.9. The number of aromatic nitrogens is 2. The van der Waals surface area contributed by atoms with Crippen LogP contribution in [0.25, 0.3) is 11.3 Å². The number of anilines is 1.